The normalized spacial score (nSPS) is 30.0. The second-order valence-electron chi connectivity index (χ2n) is 5.90. The molecule has 21 heavy (non-hydrogen) atoms. The van der Waals surface area contributed by atoms with Crippen LogP contribution in [0, 0.1) is 11.8 Å². The van der Waals surface area contributed by atoms with Gasteiger partial charge in [-0.25, -0.2) is 0 Å². The quantitative estimate of drug-likeness (QED) is 0.771. The first-order chi connectivity index (χ1) is 10.2. The topological polar surface area (TPSA) is 84.7 Å². The molecule has 1 saturated carbocycles. The summed E-state index contributed by atoms with van der Waals surface area (Å²) in [5.41, 5.74) is 5.83. The Labute approximate surface area is 126 Å². The number of hydrogen-bond donors (Lipinski definition) is 2. The first-order valence-electron chi connectivity index (χ1n) is 8.05. The number of nitrogens with one attached hydrogen (secondary N) is 1. The SMILES string of the molecule is CCNC(=O)C1COCCN1C(=O)C1CCCCC1CN. The second-order valence-corrected chi connectivity index (χ2v) is 5.90. The smallest absolute Gasteiger partial charge is 0.245 e. The average Bonchev–Trinajstić information content (AvgIpc) is 2.54. The Balaban J connectivity index is 2.08. The molecule has 1 aliphatic heterocycles. The van der Waals surface area contributed by atoms with Crippen molar-refractivity contribution in [2.24, 2.45) is 17.6 Å². The number of rotatable bonds is 4. The summed E-state index contributed by atoms with van der Waals surface area (Å²) in [5.74, 6) is 0.193. The van der Waals surface area contributed by atoms with Crippen molar-refractivity contribution in [3.05, 3.63) is 0 Å². The summed E-state index contributed by atoms with van der Waals surface area (Å²) < 4.78 is 5.39. The fraction of sp³-hybridized carbons (Fsp3) is 0.867. The van der Waals surface area contributed by atoms with Crippen molar-refractivity contribution in [1.82, 2.24) is 10.2 Å². The van der Waals surface area contributed by atoms with Crippen LogP contribution in [0.4, 0.5) is 0 Å². The van der Waals surface area contributed by atoms with Gasteiger partial charge in [0, 0.05) is 19.0 Å². The molecular formula is C15H27N3O3. The molecule has 0 aromatic carbocycles. The third-order valence-corrected chi connectivity index (χ3v) is 4.59. The molecule has 0 spiro atoms. The van der Waals surface area contributed by atoms with Crippen molar-refractivity contribution in [2.45, 2.75) is 38.6 Å². The number of hydrogen-bond acceptors (Lipinski definition) is 4. The highest BCUT2D eigenvalue weighted by atomic mass is 16.5. The molecule has 3 atom stereocenters. The van der Waals surface area contributed by atoms with E-state index in [2.05, 4.69) is 5.32 Å². The van der Waals surface area contributed by atoms with Crippen LogP contribution in [0.25, 0.3) is 0 Å². The molecule has 1 saturated heterocycles. The highest BCUT2D eigenvalue weighted by Crippen LogP contribution is 2.31. The second kappa shape index (κ2) is 7.75. The Morgan fingerprint density at radius 3 is 2.81 bits per heavy atom. The first kappa shape index (κ1) is 16.2. The van der Waals surface area contributed by atoms with Crippen LogP contribution in [-0.4, -0.2) is 55.6 Å². The van der Waals surface area contributed by atoms with Crippen LogP contribution in [0.15, 0.2) is 0 Å². The van der Waals surface area contributed by atoms with Crippen LogP contribution < -0.4 is 11.1 Å². The van der Waals surface area contributed by atoms with E-state index >= 15 is 0 Å². The van der Waals surface area contributed by atoms with Crippen molar-refractivity contribution >= 4 is 11.8 Å². The van der Waals surface area contributed by atoms with E-state index in [4.69, 9.17) is 10.5 Å². The maximum Gasteiger partial charge on any atom is 0.245 e. The third-order valence-electron chi connectivity index (χ3n) is 4.59. The van der Waals surface area contributed by atoms with Gasteiger partial charge in [0.25, 0.3) is 0 Å². The molecule has 2 fully saturated rings. The largest absolute Gasteiger partial charge is 0.377 e. The molecule has 0 aromatic rings. The van der Waals surface area contributed by atoms with Gasteiger partial charge in [0.2, 0.25) is 11.8 Å². The number of ether oxygens (including phenoxy) is 1. The fourth-order valence-corrected chi connectivity index (χ4v) is 3.40. The van der Waals surface area contributed by atoms with Crippen LogP contribution in [0.2, 0.25) is 0 Å². The Kier molecular flexibility index (Phi) is 5.99. The molecule has 2 amide bonds. The van der Waals surface area contributed by atoms with Crippen LogP contribution >= 0.6 is 0 Å². The molecule has 2 aliphatic rings. The van der Waals surface area contributed by atoms with Gasteiger partial charge >= 0.3 is 0 Å². The van der Waals surface area contributed by atoms with E-state index < -0.39 is 6.04 Å². The van der Waals surface area contributed by atoms with Gasteiger partial charge in [0.05, 0.1) is 13.2 Å². The Morgan fingerprint density at radius 1 is 1.33 bits per heavy atom. The predicted octanol–water partition coefficient (Wildman–Crippen LogP) is 0.115. The van der Waals surface area contributed by atoms with E-state index in [0.29, 0.717) is 26.2 Å². The number of nitrogens with two attached hydrogens (primary N) is 1. The first-order valence-corrected chi connectivity index (χ1v) is 8.05. The van der Waals surface area contributed by atoms with E-state index in [1.807, 2.05) is 6.92 Å². The van der Waals surface area contributed by atoms with E-state index in [-0.39, 0.29) is 30.3 Å². The molecule has 6 heteroatoms. The summed E-state index contributed by atoms with van der Waals surface area (Å²) in [6.45, 7) is 4.27. The van der Waals surface area contributed by atoms with Gasteiger partial charge in [-0.3, -0.25) is 9.59 Å². The Hall–Kier alpha value is -1.14. The zero-order chi connectivity index (χ0) is 15.2. The third kappa shape index (κ3) is 3.74. The Bertz CT molecular complexity index is 375. The van der Waals surface area contributed by atoms with Gasteiger partial charge in [-0.2, -0.15) is 0 Å². The van der Waals surface area contributed by atoms with E-state index in [1.165, 1.54) is 0 Å². The number of nitrogens with zero attached hydrogens (tertiary/aromatic N) is 1. The van der Waals surface area contributed by atoms with Crippen molar-refractivity contribution in [3.8, 4) is 0 Å². The molecule has 2 rings (SSSR count). The lowest BCUT2D eigenvalue weighted by Crippen LogP contribution is -2.58. The molecule has 6 nitrogen and oxygen atoms in total. The summed E-state index contributed by atoms with van der Waals surface area (Å²) in [6, 6.07) is -0.494. The van der Waals surface area contributed by atoms with Crippen molar-refractivity contribution < 1.29 is 14.3 Å². The number of morpholine rings is 1. The minimum atomic E-state index is -0.494. The summed E-state index contributed by atoms with van der Waals surface area (Å²) in [6.07, 6.45) is 4.13. The summed E-state index contributed by atoms with van der Waals surface area (Å²) in [4.78, 5) is 26.7. The molecule has 3 unspecified atom stereocenters. The van der Waals surface area contributed by atoms with Crippen LogP contribution in [-0.2, 0) is 14.3 Å². The molecule has 1 heterocycles. The summed E-state index contributed by atoms with van der Waals surface area (Å²) >= 11 is 0. The molecule has 1 aliphatic carbocycles. The molecule has 0 radical (unpaired) electrons. The van der Waals surface area contributed by atoms with Crippen LogP contribution in [0.5, 0.6) is 0 Å². The number of amides is 2. The van der Waals surface area contributed by atoms with E-state index in [1.54, 1.807) is 4.90 Å². The van der Waals surface area contributed by atoms with Gasteiger partial charge in [-0.1, -0.05) is 12.8 Å². The number of carbonyl (C=O) groups is 2. The monoisotopic (exact) mass is 297 g/mol. The van der Waals surface area contributed by atoms with Gasteiger partial charge in [0.1, 0.15) is 6.04 Å². The van der Waals surface area contributed by atoms with E-state index in [0.717, 1.165) is 25.7 Å². The minimum Gasteiger partial charge on any atom is -0.377 e. The molecule has 120 valence electrons. The lowest BCUT2D eigenvalue weighted by atomic mass is 9.78. The van der Waals surface area contributed by atoms with Crippen LogP contribution in [0.3, 0.4) is 0 Å². The average molecular weight is 297 g/mol. The zero-order valence-electron chi connectivity index (χ0n) is 12.8. The standard InChI is InChI=1S/C15H27N3O3/c1-2-17-14(19)13-10-21-8-7-18(13)15(20)12-6-4-3-5-11(12)9-16/h11-13H,2-10,16H2,1H3,(H,17,19). The molecular weight excluding hydrogens is 270 g/mol. The lowest BCUT2D eigenvalue weighted by molar-refractivity contribution is -0.153. The molecule has 0 bridgehead atoms. The molecule has 0 aromatic heterocycles. The highest BCUT2D eigenvalue weighted by Gasteiger charge is 2.39. The number of likely N-dealkylation sites (N-methyl/N-ethyl adjacent to an activating group) is 1. The van der Waals surface area contributed by atoms with Crippen molar-refractivity contribution in [2.75, 3.05) is 32.8 Å². The summed E-state index contributed by atoms with van der Waals surface area (Å²) in [7, 11) is 0. The van der Waals surface area contributed by atoms with Gasteiger partial charge in [-0.15, -0.1) is 0 Å². The van der Waals surface area contributed by atoms with Crippen LogP contribution in [0.1, 0.15) is 32.6 Å². The maximum absolute atomic E-state index is 12.9. The zero-order valence-corrected chi connectivity index (χ0v) is 12.8. The van der Waals surface area contributed by atoms with Gasteiger partial charge < -0.3 is 20.7 Å². The lowest BCUT2D eigenvalue weighted by Gasteiger charge is -2.39. The van der Waals surface area contributed by atoms with Crippen molar-refractivity contribution in [3.63, 3.8) is 0 Å². The Morgan fingerprint density at radius 2 is 2.10 bits per heavy atom. The highest BCUT2D eigenvalue weighted by molar-refractivity contribution is 5.89. The van der Waals surface area contributed by atoms with E-state index in [9.17, 15) is 9.59 Å². The summed E-state index contributed by atoms with van der Waals surface area (Å²) in [5, 5.41) is 2.79. The van der Waals surface area contributed by atoms with Gasteiger partial charge in [0.15, 0.2) is 0 Å². The predicted molar refractivity (Wildman–Crippen MR) is 79.5 cm³/mol. The van der Waals surface area contributed by atoms with Crippen molar-refractivity contribution in [1.29, 1.82) is 0 Å². The van der Waals surface area contributed by atoms with Gasteiger partial charge in [-0.05, 0) is 32.2 Å². The maximum atomic E-state index is 12.9. The number of carbonyl (C=O) groups excluding carboxylic acids is 2. The fourth-order valence-electron chi connectivity index (χ4n) is 3.40. The molecule has 3 N–H and O–H groups in total. The minimum absolute atomic E-state index is 0.0289.